The number of hydrogen-bond donors (Lipinski definition) is 1. The molecule has 1 heterocycles. The number of carbonyl (C=O) groups excluding carboxylic acids is 1. The van der Waals surface area contributed by atoms with E-state index in [1.807, 2.05) is 58.3 Å². The van der Waals surface area contributed by atoms with Crippen molar-refractivity contribution < 1.29 is 14.3 Å². The van der Waals surface area contributed by atoms with Gasteiger partial charge in [0, 0.05) is 32.0 Å². The highest BCUT2D eigenvalue weighted by molar-refractivity contribution is 6.76. The van der Waals surface area contributed by atoms with Gasteiger partial charge in [0.15, 0.2) is 0 Å². The molecule has 2 aromatic rings. The molecule has 166 valence electrons. The normalized spacial score (nSPS) is 13.2. The Kier molecular flexibility index (Phi) is 7.88. The Labute approximate surface area is 182 Å². The van der Waals surface area contributed by atoms with Crippen LogP contribution >= 0.6 is 0 Å². The lowest BCUT2D eigenvalue weighted by molar-refractivity contribution is 0.0636. The van der Waals surface area contributed by atoms with Gasteiger partial charge >= 0.3 is 6.09 Å². The molecule has 1 amide bonds. The molecule has 0 saturated heterocycles. The van der Waals surface area contributed by atoms with Gasteiger partial charge in [-0.3, -0.25) is 5.32 Å². The fourth-order valence-corrected chi connectivity index (χ4v) is 3.89. The SMILES string of the molecule is Cc1ncn(COCC[Si](C)(C)C)c1C(C)c1ccc(NC(=O)OC(C)(C)C)cc1. The fraction of sp³-hybridized carbons (Fsp3) is 0.565. The van der Waals surface area contributed by atoms with Crippen molar-refractivity contribution in [2.45, 2.75) is 78.6 Å². The maximum Gasteiger partial charge on any atom is 0.412 e. The Morgan fingerprint density at radius 1 is 1.20 bits per heavy atom. The van der Waals surface area contributed by atoms with Crippen LogP contribution < -0.4 is 5.32 Å². The van der Waals surface area contributed by atoms with Crippen molar-refractivity contribution in [2.75, 3.05) is 11.9 Å². The largest absolute Gasteiger partial charge is 0.444 e. The lowest BCUT2D eigenvalue weighted by Crippen LogP contribution is -2.27. The fourth-order valence-electron chi connectivity index (χ4n) is 3.13. The molecule has 0 bridgehead atoms. The second-order valence-electron chi connectivity index (χ2n) is 10.0. The summed E-state index contributed by atoms with van der Waals surface area (Å²) >= 11 is 0. The summed E-state index contributed by atoms with van der Waals surface area (Å²) in [5.74, 6) is 0.156. The number of imidazole rings is 1. The number of nitrogens with zero attached hydrogens (tertiary/aromatic N) is 2. The highest BCUT2D eigenvalue weighted by atomic mass is 28.3. The second-order valence-corrected chi connectivity index (χ2v) is 15.6. The molecule has 0 aliphatic rings. The van der Waals surface area contributed by atoms with Crippen LogP contribution in [0.4, 0.5) is 10.5 Å². The Bertz CT molecular complexity index is 833. The molecular formula is C23H37N3O3Si. The number of ether oxygens (including phenoxy) is 2. The van der Waals surface area contributed by atoms with Gasteiger partial charge in [0.1, 0.15) is 12.3 Å². The van der Waals surface area contributed by atoms with E-state index in [-0.39, 0.29) is 5.92 Å². The van der Waals surface area contributed by atoms with Crippen molar-refractivity contribution in [1.82, 2.24) is 9.55 Å². The molecule has 0 fully saturated rings. The summed E-state index contributed by atoms with van der Waals surface area (Å²) in [6, 6.07) is 9.00. The first-order valence-electron chi connectivity index (χ1n) is 10.5. The van der Waals surface area contributed by atoms with Crippen LogP contribution in [-0.2, 0) is 16.2 Å². The van der Waals surface area contributed by atoms with E-state index in [0.717, 1.165) is 29.6 Å². The molecule has 1 aromatic carbocycles. The van der Waals surface area contributed by atoms with Crippen LogP contribution in [0.2, 0.25) is 25.7 Å². The van der Waals surface area contributed by atoms with Crippen LogP contribution in [0.15, 0.2) is 30.6 Å². The van der Waals surface area contributed by atoms with Gasteiger partial charge in [0.25, 0.3) is 0 Å². The first-order valence-corrected chi connectivity index (χ1v) is 14.3. The summed E-state index contributed by atoms with van der Waals surface area (Å²) in [6.45, 7) is 18.1. The average Bonchev–Trinajstić information content (AvgIpc) is 2.97. The van der Waals surface area contributed by atoms with Gasteiger partial charge in [-0.25, -0.2) is 9.78 Å². The van der Waals surface area contributed by atoms with Crippen LogP contribution in [0, 0.1) is 6.92 Å². The Hall–Kier alpha value is -2.12. The van der Waals surface area contributed by atoms with E-state index < -0.39 is 19.8 Å². The van der Waals surface area contributed by atoms with E-state index >= 15 is 0 Å². The van der Waals surface area contributed by atoms with Gasteiger partial charge in [-0.15, -0.1) is 0 Å². The van der Waals surface area contributed by atoms with E-state index in [0.29, 0.717) is 12.4 Å². The summed E-state index contributed by atoms with van der Waals surface area (Å²) < 4.78 is 13.3. The molecule has 0 aliphatic carbocycles. The molecule has 1 atom stereocenters. The minimum absolute atomic E-state index is 0.156. The molecule has 6 nitrogen and oxygen atoms in total. The Morgan fingerprint density at radius 2 is 1.83 bits per heavy atom. The predicted octanol–water partition coefficient (Wildman–Crippen LogP) is 6.00. The van der Waals surface area contributed by atoms with Crippen molar-refractivity contribution in [2.24, 2.45) is 0 Å². The molecule has 0 radical (unpaired) electrons. The monoisotopic (exact) mass is 431 g/mol. The molecule has 0 aliphatic heterocycles. The number of anilines is 1. The zero-order valence-electron chi connectivity index (χ0n) is 19.7. The molecular weight excluding hydrogens is 394 g/mol. The second kappa shape index (κ2) is 9.79. The molecule has 1 unspecified atom stereocenters. The van der Waals surface area contributed by atoms with Crippen LogP contribution in [0.5, 0.6) is 0 Å². The number of nitrogens with one attached hydrogen (secondary N) is 1. The number of aromatic nitrogens is 2. The number of carbonyl (C=O) groups is 1. The van der Waals surface area contributed by atoms with E-state index in [9.17, 15) is 4.79 Å². The highest BCUT2D eigenvalue weighted by Gasteiger charge is 2.19. The summed E-state index contributed by atoms with van der Waals surface area (Å²) in [4.78, 5) is 16.5. The van der Waals surface area contributed by atoms with Crippen molar-refractivity contribution >= 4 is 19.9 Å². The van der Waals surface area contributed by atoms with Crippen LogP contribution in [0.3, 0.4) is 0 Å². The lowest BCUT2D eigenvalue weighted by Gasteiger charge is -2.20. The van der Waals surface area contributed by atoms with Crippen LogP contribution in [0.25, 0.3) is 0 Å². The molecule has 0 saturated carbocycles. The van der Waals surface area contributed by atoms with Gasteiger partial charge in [-0.05, 0) is 51.4 Å². The number of amides is 1. The van der Waals surface area contributed by atoms with Gasteiger partial charge in [-0.1, -0.05) is 38.7 Å². The maximum absolute atomic E-state index is 12.0. The van der Waals surface area contributed by atoms with Crippen molar-refractivity contribution in [3.05, 3.63) is 47.5 Å². The van der Waals surface area contributed by atoms with Gasteiger partial charge in [0.05, 0.1) is 12.0 Å². The minimum atomic E-state index is -1.10. The number of hydrogen-bond acceptors (Lipinski definition) is 4. The maximum atomic E-state index is 12.0. The third-order valence-corrected chi connectivity index (χ3v) is 6.47. The van der Waals surface area contributed by atoms with Gasteiger partial charge < -0.3 is 14.0 Å². The highest BCUT2D eigenvalue weighted by Crippen LogP contribution is 2.28. The summed E-state index contributed by atoms with van der Waals surface area (Å²) in [7, 11) is -1.10. The first-order chi connectivity index (χ1) is 13.9. The van der Waals surface area contributed by atoms with E-state index in [2.05, 4.69) is 41.4 Å². The number of aryl methyl sites for hydroxylation is 1. The number of rotatable bonds is 8. The third kappa shape index (κ3) is 7.61. The lowest BCUT2D eigenvalue weighted by atomic mass is 9.96. The zero-order chi connectivity index (χ0) is 22.5. The molecule has 1 N–H and O–H groups in total. The molecule has 1 aromatic heterocycles. The van der Waals surface area contributed by atoms with Crippen molar-refractivity contribution in [3.8, 4) is 0 Å². The summed E-state index contributed by atoms with van der Waals surface area (Å²) in [5.41, 5.74) is 3.49. The van der Waals surface area contributed by atoms with E-state index in [4.69, 9.17) is 9.47 Å². The molecule has 2 rings (SSSR count). The van der Waals surface area contributed by atoms with Crippen molar-refractivity contribution in [1.29, 1.82) is 0 Å². The van der Waals surface area contributed by atoms with E-state index in [1.165, 1.54) is 0 Å². The summed E-state index contributed by atoms with van der Waals surface area (Å²) in [6.07, 6.45) is 1.40. The minimum Gasteiger partial charge on any atom is -0.444 e. The standard InChI is InChI=1S/C23H37N3O3Si/c1-17(19-9-11-20(12-10-19)25-22(27)29-23(3,4)5)21-18(2)24-15-26(21)16-28-13-14-30(6,7)8/h9-12,15,17H,13-14,16H2,1-8H3,(H,25,27). The first kappa shape index (κ1) is 24.1. The topological polar surface area (TPSA) is 65.4 Å². The molecule has 7 heteroatoms. The zero-order valence-corrected chi connectivity index (χ0v) is 20.7. The van der Waals surface area contributed by atoms with E-state index in [1.54, 1.807) is 0 Å². The Balaban J connectivity index is 2.03. The quantitative estimate of drug-likeness (QED) is 0.411. The molecule has 0 spiro atoms. The molecule has 30 heavy (non-hydrogen) atoms. The number of benzene rings is 1. The van der Waals surface area contributed by atoms with Gasteiger partial charge in [0.2, 0.25) is 0 Å². The average molecular weight is 432 g/mol. The summed E-state index contributed by atoms with van der Waals surface area (Å²) in [5, 5.41) is 2.77. The van der Waals surface area contributed by atoms with Crippen LogP contribution in [-0.4, -0.2) is 35.9 Å². The Morgan fingerprint density at radius 3 is 2.40 bits per heavy atom. The third-order valence-electron chi connectivity index (χ3n) is 4.76. The predicted molar refractivity (Wildman–Crippen MR) is 125 cm³/mol. The smallest absolute Gasteiger partial charge is 0.412 e. The van der Waals surface area contributed by atoms with Crippen molar-refractivity contribution in [3.63, 3.8) is 0 Å². The van der Waals surface area contributed by atoms with Gasteiger partial charge in [-0.2, -0.15) is 0 Å². The van der Waals surface area contributed by atoms with Crippen LogP contribution in [0.1, 0.15) is 50.6 Å².